The van der Waals surface area contributed by atoms with Crippen LogP contribution in [0.4, 0.5) is 0 Å². The maximum absolute atomic E-state index is 5.06. The molecule has 3 nitrogen and oxygen atoms in total. The Morgan fingerprint density at radius 2 is 1.86 bits per heavy atom. The number of aryl methyl sites for hydroxylation is 1. The molecule has 0 fully saturated rings. The quantitative estimate of drug-likeness (QED) is 0.750. The summed E-state index contributed by atoms with van der Waals surface area (Å²) in [5.41, 5.74) is 5.22. The zero-order valence-corrected chi connectivity index (χ0v) is 13.4. The van der Waals surface area contributed by atoms with Crippen molar-refractivity contribution < 1.29 is 4.74 Å². The van der Waals surface area contributed by atoms with Crippen LogP contribution >= 0.6 is 0 Å². The lowest BCUT2D eigenvalue weighted by atomic mass is 10.2. The van der Waals surface area contributed by atoms with Gasteiger partial charge in [-0.3, -0.25) is 0 Å². The van der Waals surface area contributed by atoms with Gasteiger partial charge in [0.15, 0.2) is 0 Å². The summed E-state index contributed by atoms with van der Waals surface area (Å²) in [7, 11) is 1.76. The van der Waals surface area contributed by atoms with Gasteiger partial charge in [-0.2, -0.15) is 0 Å². The maximum atomic E-state index is 5.06. The van der Waals surface area contributed by atoms with Crippen molar-refractivity contribution in [1.29, 1.82) is 0 Å². The van der Waals surface area contributed by atoms with Crippen molar-refractivity contribution in [2.75, 3.05) is 20.3 Å². The first-order valence-electron chi connectivity index (χ1n) is 7.67. The minimum atomic E-state index is 0.851. The molecule has 2 rings (SSSR count). The van der Waals surface area contributed by atoms with Crippen LogP contribution in [0, 0.1) is 13.8 Å². The number of ether oxygens (including phenoxy) is 1. The van der Waals surface area contributed by atoms with E-state index in [9.17, 15) is 0 Å². The molecule has 0 bridgehead atoms. The Morgan fingerprint density at radius 1 is 1.10 bits per heavy atom. The molecule has 2 aromatic rings. The van der Waals surface area contributed by atoms with Crippen LogP contribution in [0.3, 0.4) is 0 Å². The molecule has 0 saturated heterocycles. The van der Waals surface area contributed by atoms with E-state index in [1.165, 1.54) is 22.6 Å². The highest BCUT2D eigenvalue weighted by atomic mass is 16.5. The minimum absolute atomic E-state index is 0.851. The summed E-state index contributed by atoms with van der Waals surface area (Å²) < 4.78 is 7.38. The van der Waals surface area contributed by atoms with E-state index in [2.05, 4.69) is 60.1 Å². The molecule has 1 heterocycles. The van der Waals surface area contributed by atoms with Crippen LogP contribution in [0.1, 0.15) is 29.8 Å². The smallest absolute Gasteiger partial charge is 0.0462 e. The Kier molecular flexibility index (Phi) is 6.03. The van der Waals surface area contributed by atoms with Gasteiger partial charge in [-0.25, -0.2) is 0 Å². The van der Waals surface area contributed by atoms with Gasteiger partial charge in [0.05, 0.1) is 0 Å². The third-order valence-corrected chi connectivity index (χ3v) is 3.82. The van der Waals surface area contributed by atoms with E-state index in [0.717, 1.165) is 32.5 Å². The molecule has 0 saturated carbocycles. The largest absolute Gasteiger partial charge is 0.385 e. The van der Waals surface area contributed by atoms with Gasteiger partial charge in [-0.1, -0.05) is 18.2 Å². The minimum Gasteiger partial charge on any atom is -0.385 e. The summed E-state index contributed by atoms with van der Waals surface area (Å²) in [5.74, 6) is 0. The average molecular weight is 286 g/mol. The normalized spacial score (nSPS) is 11.0. The second kappa shape index (κ2) is 8.01. The Morgan fingerprint density at radius 3 is 2.57 bits per heavy atom. The highest BCUT2D eigenvalue weighted by Gasteiger charge is 2.09. The van der Waals surface area contributed by atoms with Crippen molar-refractivity contribution in [2.45, 2.75) is 33.2 Å². The molecule has 114 valence electrons. The number of benzene rings is 1. The second-order valence-electron chi connectivity index (χ2n) is 5.44. The summed E-state index contributed by atoms with van der Waals surface area (Å²) in [5, 5.41) is 3.52. The Bertz CT molecular complexity index is 546. The monoisotopic (exact) mass is 286 g/mol. The molecule has 0 aliphatic heterocycles. The lowest BCUT2D eigenvalue weighted by molar-refractivity contribution is 0.192. The predicted molar refractivity (Wildman–Crippen MR) is 88.1 cm³/mol. The van der Waals surface area contributed by atoms with Crippen LogP contribution in [0.5, 0.6) is 0 Å². The molecule has 1 aromatic heterocycles. The molecule has 0 radical (unpaired) electrons. The number of hydrogen-bond acceptors (Lipinski definition) is 2. The highest BCUT2D eigenvalue weighted by molar-refractivity contribution is 5.40. The molecular weight excluding hydrogens is 260 g/mol. The molecule has 0 unspecified atom stereocenters. The molecule has 3 heteroatoms. The average Bonchev–Trinajstić information content (AvgIpc) is 2.78. The first-order valence-corrected chi connectivity index (χ1v) is 7.67. The van der Waals surface area contributed by atoms with Gasteiger partial charge >= 0.3 is 0 Å². The summed E-state index contributed by atoms with van der Waals surface area (Å²) in [4.78, 5) is 0. The zero-order valence-electron chi connectivity index (χ0n) is 13.4. The zero-order chi connectivity index (χ0) is 15.1. The molecule has 21 heavy (non-hydrogen) atoms. The summed E-state index contributed by atoms with van der Waals surface area (Å²) in [6.07, 6.45) is 2.28. The molecule has 0 atom stereocenters. The Labute approximate surface area is 127 Å². The van der Waals surface area contributed by atoms with E-state index in [4.69, 9.17) is 4.74 Å². The fourth-order valence-corrected chi connectivity index (χ4v) is 2.70. The fourth-order valence-electron chi connectivity index (χ4n) is 2.70. The summed E-state index contributed by atoms with van der Waals surface area (Å²) in [6.45, 7) is 7.19. The van der Waals surface area contributed by atoms with Gasteiger partial charge in [0.2, 0.25) is 0 Å². The predicted octanol–water partition coefficient (Wildman–Crippen LogP) is 3.61. The van der Waals surface area contributed by atoms with Crippen LogP contribution < -0.4 is 5.32 Å². The molecular formula is C18H26N2O. The van der Waals surface area contributed by atoms with Crippen LogP contribution in [0.25, 0.3) is 5.69 Å². The fraction of sp³-hybridized carbons (Fsp3) is 0.444. The summed E-state index contributed by atoms with van der Waals surface area (Å²) >= 11 is 0. The Balaban J connectivity index is 1.96. The number of aromatic nitrogens is 1. The van der Waals surface area contributed by atoms with Crippen molar-refractivity contribution in [2.24, 2.45) is 0 Å². The molecule has 0 amide bonds. The second-order valence-corrected chi connectivity index (χ2v) is 5.44. The lowest BCUT2D eigenvalue weighted by Crippen LogP contribution is -2.15. The van der Waals surface area contributed by atoms with Crippen LogP contribution in [0.2, 0.25) is 0 Å². The van der Waals surface area contributed by atoms with Crippen molar-refractivity contribution in [3.8, 4) is 5.69 Å². The van der Waals surface area contributed by atoms with E-state index in [0.29, 0.717) is 0 Å². The number of rotatable bonds is 8. The van der Waals surface area contributed by atoms with Gasteiger partial charge in [0, 0.05) is 37.3 Å². The van der Waals surface area contributed by atoms with Gasteiger partial charge in [0.25, 0.3) is 0 Å². The molecule has 0 aliphatic carbocycles. The van der Waals surface area contributed by atoms with Crippen LogP contribution in [-0.2, 0) is 11.3 Å². The van der Waals surface area contributed by atoms with Gasteiger partial charge in [-0.05, 0) is 57.0 Å². The SMILES string of the molecule is COCCCCNCc1cc(C)n(-c2ccccc2)c1C. The standard InChI is InChI=1S/C18H26N2O/c1-15-13-17(14-19-11-7-8-12-21-3)16(2)20(15)18-9-5-4-6-10-18/h4-6,9-10,13,19H,7-8,11-12,14H2,1-3H3. The number of methoxy groups -OCH3 is 1. The van der Waals surface area contributed by atoms with E-state index in [1.54, 1.807) is 7.11 Å². The van der Waals surface area contributed by atoms with Crippen molar-refractivity contribution >= 4 is 0 Å². The van der Waals surface area contributed by atoms with Gasteiger partial charge < -0.3 is 14.6 Å². The number of nitrogens with one attached hydrogen (secondary N) is 1. The van der Waals surface area contributed by atoms with Crippen molar-refractivity contribution in [3.63, 3.8) is 0 Å². The van der Waals surface area contributed by atoms with Gasteiger partial charge in [0.1, 0.15) is 0 Å². The molecule has 0 aliphatic rings. The van der Waals surface area contributed by atoms with Crippen LogP contribution in [0.15, 0.2) is 36.4 Å². The molecule has 1 aromatic carbocycles. The van der Waals surface area contributed by atoms with E-state index < -0.39 is 0 Å². The Hall–Kier alpha value is -1.58. The van der Waals surface area contributed by atoms with E-state index in [-0.39, 0.29) is 0 Å². The van der Waals surface area contributed by atoms with E-state index in [1.807, 2.05) is 0 Å². The molecule has 1 N–H and O–H groups in total. The first kappa shape index (κ1) is 15.8. The number of unbranched alkanes of at least 4 members (excludes halogenated alkanes) is 1. The van der Waals surface area contributed by atoms with Crippen molar-refractivity contribution in [1.82, 2.24) is 9.88 Å². The third-order valence-electron chi connectivity index (χ3n) is 3.82. The molecule has 0 spiro atoms. The number of hydrogen-bond donors (Lipinski definition) is 1. The number of nitrogens with zero attached hydrogens (tertiary/aromatic N) is 1. The lowest BCUT2D eigenvalue weighted by Gasteiger charge is -2.10. The first-order chi connectivity index (χ1) is 10.2. The number of para-hydroxylation sites is 1. The maximum Gasteiger partial charge on any atom is 0.0462 e. The third kappa shape index (κ3) is 4.19. The highest BCUT2D eigenvalue weighted by Crippen LogP contribution is 2.20. The van der Waals surface area contributed by atoms with Crippen LogP contribution in [-0.4, -0.2) is 24.8 Å². The topological polar surface area (TPSA) is 26.2 Å². The summed E-state index contributed by atoms with van der Waals surface area (Å²) in [6, 6.07) is 12.8. The van der Waals surface area contributed by atoms with Gasteiger partial charge in [-0.15, -0.1) is 0 Å². The van der Waals surface area contributed by atoms with E-state index >= 15 is 0 Å². The van der Waals surface area contributed by atoms with Crippen molar-refractivity contribution in [3.05, 3.63) is 53.3 Å².